The molecule has 1 saturated heterocycles. The Morgan fingerprint density at radius 2 is 1.95 bits per heavy atom. The SMILES string of the molecule is CC(C)CNCc1ccccc1N1CCC(O)CC1. The van der Waals surface area contributed by atoms with E-state index in [2.05, 4.69) is 48.3 Å². The fourth-order valence-electron chi connectivity index (χ4n) is 2.57. The van der Waals surface area contributed by atoms with Gasteiger partial charge >= 0.3 is 0 Å². The van der Waals surface area contributed by atoms with Crippen LogP contribution in [0.5, 0.6) is 0 Å². The van der Waals surface area contributed by atoms with Crippen LogP contribution in [0.1, 0.15) is 32.3 Å². The Morgan fingerprint density at radius 1 is 1.26 bits per heavy atom. The second-order valence-electron chi connectivity index (χ2n) is 5.87. The number of benzene rings is 1. The lowest BCUT2D eigenvalue weighted by Crippen LogP contribution is -2.36. The van der Waals surface area contributed by atoms with Gasteiger partial charge in [0.1, 0.15) is 0 Å². The molecule has 1 aliphatic heterocycles. The van der Waals surface area contributed by atoms with Crippen LogP contribution >= 0.6 is 0 Å². The van der Waals surface area contributed by atoms with E-state index in [0.717, 1.165) is 39.0 Å². The summed E-state index contributed by atoms with van der Waals surface area (Å²) in [5.74, 6) is 0.678. The molecule has 0 atom stereocenters. The van der Waals surface area contributed by atoms with E-state index < -0.39 is 0 Å². The van der Waals surface area contributed by atoms with Gasteiger partial charge in [-0.05, 0) is 36.9 Å². The van der Waals surface area contributed by atoms with Crippen molar-refractivity contribution in [1.29, 1.82) is 0 Å². The van der Waals surface area contributed by atoms with Crippen molar-refractivity contribution in [3.8, 4) is 0 Å². The number of hydrogen-bond donors (Lipinski definition) is 2. The summed E-state index contributed by atoms with van der Waals surface area (Å²) >= 11 is 0. The lowest BCUT2D eigenvalue weighted by atomic mass is 10.0. The Kier molecular flexibility index (Phi) is 5.23. The van der Waals surface area contributed by atoms with Gasteiger partial charge in [-0.15, -0.1) is 0 Å². The van der Waals surface area contributed by atoms with E-state index >= 15 is 0 Å². The van der Waals surface area contributed by atoms with Gasteiger partial charge in [-0.25, -0.2) is 0 Å². The second kappa shape index (κ2) is 6.92. The molecule has 0 radical (unpaired) electrons. The molecular weight excluding hydrogens is 236 g/mol. The molecule has 3 heteroatoms. The van der Waals surface area contributed by atoms with Gasteiger partial charge in [0.2, 0.25) is 0 Å². The Hall–Kier alpha value is -1.06. The Balaban J connectivity index is 1.99. The summed E-state index contributed by atoms with van der Waals surface area (Å²) in [7, 11) is 0. The normalized spacial score (nSPS) is 17.2. The first-order chi connectivity index (χ1) is 9.16. The quantitative estimate of drug-likeness (QED) is 0.855. The van der Waals surface area contributed by atoms with Crippen LogP contribution in [0.15, 0.2) is 24.3 Å². The summed E-state index contributed by atoms with van der Waals surface area (Å²) in [5, 5.41) is 13.1. The lowest BCUT2D eigenvalue weighted by Gasteiger charge is -2.33. The van der Waals surface area contributed by atoms with E-state index in [-0.39, 0.29) is 6.10 Å². The van der Waals surface area contributed by atoms with Crippen LogP contribution in [-0.4, -0.2) is 30.8 Å². The number of hydrogen-bond acceptors (Lipinski definition) is 3. The molecule has 0 bridgehead atoms. The zero-order chi connectivity index (χ0) is 13.7. The predicted molar refractivity (Wildman–Crippen MR) is 80.4 cm³/mol. The van der Waals surface area contributed by atoms with E-state index in [1.54, 1.807) is 0 Å². The first-order valence-corrected chi connectivity index (χ1v) is 7.38. The first-order valence-electron chi connectivity index (χ1n) is 7.38. The largest absolute Gasteiger partial charge is 0.393 e. The standard InChI is InChI=1S/C16H26N2O/c1-13(2)11-17-12-14-5-3-4-6-16(14)18-9-7-15(19)8-10-18/h3-6,13,15,17,19H,7-12H2,1-2H3. The highest BCUT2D eigenvalue weighted by Crippen LogP contribution is 2.24. The predicted octanol–water partition coefficient (Wildman–Crippen LogP) is 2.39. The molecule has 0 amide bonds. The zero-order valence-electron chi connectivity index (χ0n) is 12.1. The first kappa shape index (κ1) is 14.4. The van der Waals surface area contributed by atoms with Gasteiger partial charge in [-0.2, -0.15) is 0 Å². The maximum atomic E-state index is 9.61. The van der Waals surface area contributed by atoms with Crippen LogP contribution in [0.25, 0.3) is 0 Å². The summed E-state index contributed by atoms with van der Waals surface area (Å²) in [6.45, 7) is 8.35. The molecule has 0 unspecified atom stereocenters. The summed E-state index contributed by atoms with van der Waals surface area (Å²) in [5.41, 5.74) is 2.69. The molecule has 2 rings (SSSR count). The third kappa shape index (κ3) is 4.22. The van der Waals surface area contributed by atoms with Gasteiger partial charge in [-0.1, -0.05) is 32.0 Å². The number of piperidine rings is 1. The molecule has 1 aliphatic rings. The van der Waals surface area contributed by atoms with E-state index in [1.165, 1.54) is 11.3 Å². The van der Waals surface area contributed by atoms with E-state index in [9.17, 15) is 5.11 Å². The molecule has 1 heterocycles. The number of aliphatic hydroxyl groups is 1. The van der Waals surface area contributed by atoms with Crippen molar-refractivity contribution in [3.63, 3.8) is 0 Å². The van der Waals surface area contributed by atoms with Crippen molar-refractivity contribution in [2.75, 3.05) is 24.5 Å². The van der Waals surface area contributed by atoms with Gasteiger partial charge in [-0.3, -0.25) is 0 Å². The number of rotatable bonds is 5. The molecule has 1 aromatic carbocycles. The highest BCUT2D eigenvalue weighted by atomic mass is 16.3. The van der Waals surface area contributed by atoms with Crippen LogP contribution in [-0.2, 0) is 6.54 Å². The minimum atomic E-state index is -0.109. The summed E-state index contributed by atoms with van der Waals surface area (Å²) in [6.07, 6.45) is 1.66. The fraction of sp³-hybridized carbons (Fsp3) is 0.625. The van der Waals surface area contributed by atoms with Crippen LogP contribution in [0.4, 0.5) is 5.69 Å². The minimum Gasteiger partial charge on any atom is -0.393 e. The molecular formula is C16H26N2O. The Labute approximate surface area is 116 Å². The van der Waals surface area contributed by atoms with Crippen molar-refractivity contribution in [3.05, 3.63) is 29.8 Å². The molecule has 19 heavy (non-hydrogen) atoms. The highest BCUT2D eigenvalue weighted by Gasteiger charge is 2.18. The molecule has 3 nitrogen and oxygen atoms in total. The molecule has 1 fully saturated rings. The maximum Gasteiger partial charge on any atom is 0.0574 e. The topological polar surface area (TPSA) is 35.5 Å². The van der Waals surface area contributed by atoms with Crippen LogP contribution in [0, 0.1) is 5.92 Å². The van der Waals surface area contributed by atoms with Gasteiger partial charge in [0, 0.05) is 25.3 Å². The van der Waals surface area contributed by atoms with Crippen molar-refractivity contribution in [2.24, 2.45) is 5.92 Å². The Morgan fingerprint density at radius 3 is 2.63 bits per heavy atom. The van der Waals surface area contributed by atoms with Crippen molar-refractivity contribution >= 4 is 5.69 Å². The minimum absolute atomic E-state index is 0.109. The number of aliphatic hydroxyl groups excluding tert-OH is 1. The van der Waals surface area contributed by atoms with E-state index in [4.69, 9.17) is 0 Å². The number of para-hydroxylation sites is 1. The van der Waals surface area contributed by atoms with Gasteiger partial charge in [0.05, 0.1) is 6.10 Å². The van der Waals surface area contributed by atoms with Crippen molar-refractivity contribution < 1.29 is 5.11 Å². The summed E-state index contributed by atoms with van der Waals surface area (Å²) < 4.78 is 0. The zero-order valence-corrected chi connectivity index (χ0v) is 12.1. The monoisotopic (exact) mass is 262 g/mol. The average Bonchev–Trinajstić information content (AvgIpc) is 2.40. The Bertz CT molecular complexity index is 384. The van der Waals surface area contributed by atoms with Crippen molar-refractivity contribution in [1.82, 2.24) is 5.32 Å². The maximum absolute atomic E-state index is 9.61. The third-order valence-electron chi connectivity index (χ3n) is 3.66. The van der Waals surface area contributed by atoms with Crippen molar-refractivity contribution in [2.45, 2.75) is 39.3 Å². The van der Waals surface area contributed by atoms with Gasteiger partial charge in [0.15, 0.2) is 0 Å². The molecule has 0 saturated carbocycles. The number of nitrogens with zero attached hydrogens (tertiary/aromatic N) is 1. The lowest BCUT2D eigenvalue weighted by molar-refractivity contribution is 0.145. The molecule has 0 aromatic heterocycles. The molecule has 1 aromatic rings. The molecule has 0 spiro atoms. The highest BCUT2D eigenvalue weighted by molar-refractivity contribution is 5.54. The smallest absolute Gasteiger partial charge is 0.0574 e. The van der Waals surface area contributed by atoms with E-state index in [1.807, 2.05) is 0 Å². The molecule has 106 valence electrons. The third-order valence-corrected chi connectivity index (χ3v) is 3.66. The van der Waals surface area contributed by atoms with Gasteiger partial charge in [0.25, 0.3) is 0 Å². The summed E-state index contributed by atoms with van der Waals surface area (Å²) in [4.78, 5) is 2.40. The number of anilines is 1. The molecule has 2 N–H and O–H groups in total. The van der Waals surface area contributed by atoms with E-state index in [0.29, 0.717) is 5.92 Å². The average molecular weight is 262 g/mol. The van der Waals surface area contributed by atoms with Crippen LogP contribution < -0.4 is 10.2 Å². The number of nitrogens with one attached hydrogen (secondary N) is 1. The van der Waals surface area contributed by atoms with Gasteiger partial charge < -0.3 is 15.3 Å². The van der Waals surface area contributed by atoms with Crippen LogP contribution in [0.2, 0.25) is 0 Å². The molecule has 0 aliphatic carbocycles. The second-order valence-corrected chi connectivity index (χ2v) is 5.87. The fourth-order valence-corrected chi connectivity index (χ4v) is 2.57. The summed E-state index contributed by atoms with van der Waals surface area (Å²) in [6, 6.07) is 8.61. The van der Waals surface area contributed by atoms with Crippen LogP contribution in [0.3, 0.4) is 0 Å².